The van der Waals surface area contributed by atoms with Crippen LogP contribution in [0.3, 0.4) is 0 Å². The molecule has 3 heterocycles. The maximum Gasteiger partial charge on any atom is 0.337 e. The van der Waals surface area contributed by atoms with Gasteiger partial charge in [-0.1, -0.05) is 55.8 Å². The number of ether oxygens (including phenoxy) is 1. The summed E-state index contributed by atoms with van der Waals surface area (Å²) in [4.78, 5) is 28.8. The minimum atomic E-state index is -2.74. The van der Waals surface area contributed by atoms with E-state index in [-0.39, 0.29) is 42.9 Å². The zero-order chi connectivity index (χ0) is 36.8. The predicted molar refractivity (Wildman–Crippen MR) is 195 cm³/mol. The molecule has 2 atom stereocenters. The van der Waals surface area contributed by atoms with Crippen molar-refractivity contribution in [1.82, 2.24) is 15.0 Å². The Labute approximate surface area is 303 Å². The molecule has 1 saturated heterocycles. The molecule has 0 unspecified atom stereocenters. The third-order valence-corrected chi connectivity index (χ3v) is 11.3. The second kappa shape index (κ2) is 14.3. The van der Waals surface area contributed by atoms with Gasteiger partial charge in [-0.3, -0.25) is 4.98 Å². The second-order valence-corrected chi connectivity index (χ2v) is 15.8. The van der Waals surface area contributed by atoms with Gasteiger partial charge in [0.2, 0.25) is 11.9 Å². The Balaban J connectivity index is 1.23. The van der Waals surface area contributed by atoms with E-state index in [4.69, 9.17) is 9.72 Å². The number of carbonyl (C=O) groups excluding carboxylic acids is 1. The van der Waals surface area contributed by atoms with Gasteiger partial charge >= 0.3 is 5.97 Å². The van der Waals surface area contributed by atoms with Crippen molar-refractivity contribution >= 4 is 11.9 Å². The highest BCUT2D eigenvalue weighted by Gasteiger charge is 2.43. The minimum absolute atomic E-state index is 0.0773. The Kier molecular flexibility index (Phi) is 9.89. The molecule has 0 spiro atoms. The lowest BCUT2D eigenvalue weighted by molar-refractivity contribution is -0.0385. The Morgan fingerprint density at radius 3 is 2.27 bits per heavy atom. The average Bonchev–Trinajstić information content (AvgIpc) is 3.13. The van der Waals surface area contributed by atoms with E-state index in [9.17, 15) is 18.7 Å². The number of rotatable bonds is 7. The van der Waals surface area contributed by atoms with Gasteiger partial charge in [0.05, 0.1) is 24.5 Å². The molecular formula is C42H47F3N4O3. The topological polar surface area (TPSA) is 88.4 Å². The summed E-state index contributed by atoms with van der Waals surface area (Å²) in [5, 5.41) is 11.7. The number of nitrogens with zero attached hydrogens (tertiary/aromatic N) is 4. The van der Waals surface area contributed by atoms with Crippen molar-refractivity contribution in [2.75, 3.05) is 25.1 Å². The molecule has 2 aromatic carbocycles. The lowest BCUT2D eigenvalue weighted by Crippen LogP contribution is -2.36. The number of anilines is 1. The number of aliphatic hydroxyl groups is 1. The lowest BCUT2D eigenvalue weighted by Gasteiger charge is -2.41. The fourth-order valence-electron chi connectivity index (χ4n) is 8.54. The Hall–Kier alpha value is -4.31. The second-order valence-electron chi connectivity index (χ2n) is 15.8. The summed E-state index contributed by atoms with van der Waals surface area (Å²) < 4.78 is 51.2. The highest BCUT2D eigenvalue weighted by molar-refractivity contribution is 5.90. The van der Waals surface area contributed by atoms with Crippen LogP contribution in [0.1, 0.15) is 132 Å². The maximum atomic E-state index is 17.3. The number of aryl methyl sites for hydroxylation is 1. The zero-order valence-corrected chi connectivity index (χ0v) is 30.3. The number of carbonyl (C=O) groups is 1. The number of aliphatic hydroxyl groups excluding tert-OH is 1. The number of aromatic nitrogens is 3. The molecule has 4 aromatic rings. The van der Waals surface area contributed by atoms with Crippen LogP contribution in [-0.4, -0.2) is 52.1 Å². The summed E-state index contributed by atoms with van der Waals surface area (Å²) in [6, 6.07) is 14.5. The van der Waals surface area contributed by atoms with Crippen LogP contribution in [0.25, 0.3) is 11.1 Å². The SMILES string of the molecule is COC(=O)c1cccc(-c2cnc(N3CCC(c4nc5c(c(C6CCC(F)(F)CC6)c4[C@@H](F)c4ccc(C)cc4)[C@@H](O)CC(C)(C)C5)CC3)nc2)c1. The summed E-state index contributed by atoms with van der Waals surface area (Å²) in [6.07, 6.45) is 3.62. The molecule has 10 heteroatoms. The first-order chi connectivity index (χ1) is 24.8. The molecule has 0 amide bonds. The standard InChI is InChI=1S/C42H47F3N4O3/c1-25-8-10-27(11-9-25)37(43)36-34(26-12-16-42(44,45)17-13-26)35-32(21-41(2,3)22-33(35)50)48-38(36)28-14-18-49(19-15-28)40-46-23-31(24-47-40)29-6-5-7-30(20-29)39(51)52-4/h5-11,20,23-24,26,28,33,37,50H,12-19,21-22H2,1-4H3/t33-,37-/m0/s1. The number of benzene rings is 2. The van der Waals surface area contributed by atoms with Crippen LogP contribution in [0, 0.1) is 12.3 Å². The van der Waals surface area contributed by atoms with Crippen LogP contribution in [0.5, 0.6) is 0 Å². The fourth-order valence-corrected chi connectivity index (χ4v) is 8.54. The third-order valence-electron chi connectivity index (χ3n) is 11.3. The largest absolute Gasteiger partial charge is 0.465 e. The molecule has 0 radical (unpaired) electrons. The van der Waals surface area contributed by atoms with Crippen molar-refractivity contribution in [2.45, 2.75) is 102 Å². The van der Waals surface area contributed by atoms with Gasteiger partial charge in [-0.05, 0) is 85.6 Å². The average molecular weight is 713 g/mol. The van der Waals surface area contributed by atoms with Crippen LogP contribution in [0.4, 0.5) is 19.1 Å². The number of halogens is 3. The number of hydrogen-bond acceptors (Lipinski definition) is 7. The van der Waals surface area contributed by atoms with Crippen molar-refractivity contribution in [3.05, 3.63) is 106 Å². The van der Waals surface area contributed by atoms with Crippen molar-refractivity contribution in [3.8, 4) is 11.1 Å². The molecule has 1 aliphatic heterocycles. The molecule has 7 rings (SSSR count). The Bertz CT molecular complexity index is 1910. The fraction of sp³-hybridized carbons (Fsp3) is 0.476. The number of alkyl halides is 3. The molecule has 2 aliphatic carbocycles. The molecule has 1 N–H and O–H groups in total. The van der Waals surface area contributed by atoms with Crippen molar-refractivity contribution in [3.63, 3.8) is 0 Å². The minimum Gasteiger partial charge on any atom is -0.465 e. The Morgan fingerprint density at radius 2 is 1.62 bits per heavy atom. The van der Waals surface area contributed by atoms with Crippen LogP contribution < -0.4 is 4.90 Å². The van der Waals surface area contributed by atoms with E-state index in [1.807, 2.05) is 25.1 Å². The predicted octanol–water partition coefficient (Wildman–Crippen LogP) is 9.38. The van der Waals surface area contributed by atoms with Gasteiger partial charge in [0, 0.05) is 66.6 Å². The number of esters is 1. The number of piperidine rings is 1. The van der Waals surface area contributed by atoms with Gasteiger partial charge in [0.1, 0.15) is 0 Å². The van der Waals surface area contributed by atoms with E-state index in [2.05, 4.69) is 28.7 Å². The smallest absolute Gasteiger partial charge is 0.337 e. The van der Waals surface area contributed by atoms with Crippen LogP contribution in [0.15, 0.2) is 60.9 Å². The number of fused-ring (bicyclic) bond motifs is 1. The van der Waals surface area contributed by atoms with Crippen molar-refractivity contribution in [2.24, 2.45) is 5.41 Å². The molecule has 2 fully saturated rings. The van der Waals surface area contributed by atoms with Crippen LogP contribution >= 0.6 is 0 Å². The molecular weight excluding hydrogens is 665 g/mol. The van der Waals surface area contributed by atoms with Crippen molar-refractivity contribution in [1.29, 1.82) is 0 Å². The van der Waals surface area contributed by atoms with Crippen LogP contribution in [0.2, 0.25) is 0 Å². The number of pyridine rings is 1. The maximum absolute atomic E-state index is 17.3. The normalized spacial score (nSPS) is 21.0. The molecule has 3 aliphatic rings. The number of hydrogen-bond donors (Lipinski definition) is 1. The summed E-state index contributed by atoms with van der Waals surface area (Å²) in [5.41, 5.74) is 6.69. The first-order valence-corrected chi connectivity index (χ1v) is 18.4. The highest BCUT2D eigenvalue weighted by atomic mass is 19.3. The van der Waals surface area contributed by atoms with Gasteiger partial charge in [-0.2, -0.15) is 0 Å². The first kappa shape index (κ1) is 36.1. The highest BCUT2D eigenvalue weighted by Crippen LogP contribution is 2.52. The van der Waals surface area contributed by atoms with E-state index in [1.54, 1.807) is 42.7 Å². The third kappa shape index (κ3) is 7.31. The monoisotopic (exact) mass is 712 g/mol. The summed E-state index contributed by atoms with van der Waals surface area (Å²) in [7, 11) is 1.35. The quantitative estimate of drug-likeness (QED) is 0.191. The molecule has 7 nitrogen and oxygen atoms in total. The van der Waals surface area contributed by atoms with Gasteiger partial charge in [0.15, 0.2) is 6.17 Å². The van der Waals surface area contributed by atoms with Gasteiger partial charge in [0.25, 0.3) is 0 Å². The van der Waals surface area contributed by atoms with Gasteiger partial charge < -0.3 is 14.7 Å². The summed E-state index contributed by atoms with van der Waals surface area (Å²) in [5.74, 6) is -2.93. The molecule has 1 saturated carbocycles. The molecule has 0 bridgehead atoms. The Morgan fingerprint density at radius 1 is 0.942 bits per heavy atom. The van der Waals surface area contributed by atoms with Gasteiger partial charge in [-0.15, -0.1) is 0 Å². The summed E-state index contributed by atoms with van der Waals surface area (Å²) >= 11 is 0. The van der Waals surface area contributed by atoms with Gasteiger partial charge in [-0.25, -0.2) is 27.9 Å². The lowest BCUT2D eigenvalue weighted by atomic mass is 9.68. The van der Waals surface area contributed by atoms with E-state index in [1.165, 1.54) is 7.11 Å². The van der Waals surface area contributed by atoms with E-state index >= 15 is 4.39 Å². The molecule has 274 valence electrons. The summed E-state index contributed by atoms with van der Waals surface area (Å²) in [6.45, 7) is 7.43. The van der Waals surface area contributed by atoms with E-state index in [0.29, 0.717) is 72.7 Å². The van der Waals surface area contributed by atoms with Crippen LogP contribution in [-0.2, 0) is 11.2 Å². The number of methoxy groups -OCH3 is 1. The van der Waals surface area contributed by atoms with Crippen molar-refractivity contribution < 1.29 is 27.8 Å². The first-order valence-electron chi connectivity index (χ1n) is 18.4. The zero-order valence-electron chi connectivity index (χ0n) is 30.3. The van der Waals surface area contributed by atoms with E-state index in [0.717, 1.165) is 27.9 Å². The van der Waals surface area contributed by atoms with E-state index < -0.39 is 24.2 Å². The molecule has 2 aromatic heterocycles. The molecule has 52 heavy (non-hydrogen) atoms.